The van der Waals surface area contributed by atoms with Gasteiger partial charge in [0.05, 0.1) is 23.3 Å². The molecule has 0 N–H and O–H groups in total. The molecule has 0 unspecified atom stereocenters. The van der Waals surface area contributed by atoms with Crippen LogP contribution in [0.25, 0.3) is 0 Å². The molecule has 1 aliphatic heterocycles. The fourth-order valence-corrected chi connectivity index (χ4v) is 2.59. The van der Waals surface area contributed by atoms with Crippen LogP contribution in [0.4, 0.5) is 0 Å². The summed E-state index contributed by atoms with van der Waals surface area (Å²) in [5, 5.41) is 4.52. The Labute approximate surface area is 139 Å². The molecule has 2 aliphatic rings. The Bertz CT molecular complexity index is 548. The molecule has 0 aromatic carbocycles. The van der Waals surface area contributed by atoms with Crippen LogP contribution in [0.1, 0.15) is 54.4 Å². The zero-order chi connectivity index (χ0) is 16.9. The third-order valence-electron chi connectivity index (χ3n) is 5.25. The molecule has 0 bridgehead atoms. The van der Waals surface area contributed by atoms with Crippen LogP contribution < -0.4 is 5.46 Å². The first-order valence-electron chi connectivity index (χ1n) is 8.59. The highest BCUT2D eigenvalue weighted by atomic mass is 16.7. The summed E-state index contributed by atoms with van der Waals surface area (Å²) >= 11 is 0. The first-order chi connectivity index (χ1) is 10.6. The van der Waals surface area contributed by atoms with Gasteiger partial charge in [0.15, 0.2) is 0 Å². The van der Waals surface area contributed by atoms with Crippen LogP contribution in [0.2, 0.25) is 0 Å². The van der Waals surface area contributed by atoms with Crippen LogP contribution in [0.15, 0.2) is 12.4 Å². The van der Waals surface area contributed by atoms with Crippen molar-refractivity contribution in [3.05, 3.63) is 12.4 Å². The molecule has 1 aliphatic carbocycles. The van der Waals surface area contributed by atoms with E-state index in [9.17, 15) is 0 Å². The van der Waals surface area contributed by atoms with Gasteiger partial charge in [-0.15, -0.1) is 0 Å². The lowest BCUT2D eigenvalue weighted by Crippen LogP contribution is -2.41. The van der Waals surface area contributed by atoms with Gasteiger partial charge in [-0.3, -0.25) is 4.68 Å². The van der Waals surface area contributed by atoms with Gasteiger partial charge in [0.1, 0.15) is 0 Å². The van der Waals surface area contributed by atoms with Crippen LogP contribution in [0.5, 0.6) is 0 Å². The maximum Gasteiger partial charge on any atom is 0.498 e. The number of hydrogen-bond acceptors (Lipinski definition) is 4. The third kappa shape index (κ3) is 3.49. The summed E-state index contributed by atoms with van der Waals surface area (Å²) in [6, 6.07) is 0. The van der Waals surface area contributed by atoms with E-state index in [1.165, 1.54) is 12.8 Å². The lowest BCUT2D eigenvalue weighted by atomic mass is 9.82. The van der Waals surface area contributed by atoms with E-state index < -0.39 is 0 Å². The van der Waals surface area contributed by atoms with Gasteiger partial charge in [-0.1, -0.05) is 0 Å². The lowest BCUT2D eigenvalue weighted by Gasteiger charge is -2.32. The molecule has 1 saturated heterocycles. The highest BCUT2D eigenvalue weighted by Crippen LogP contribution is 2.36. The van der Waals surface area contributed by atoms with Crippen molar-refractivity contribution in [3.8, 4) is 0 Å². The van der Waals surface area contributed by atoms with Crippen molar-refractivity contribution in [3.63, 3.8) is 0 Å². The van der Waals surface area contributed by atoms with Gasteiger partial charge < -0.3 is 14.0 Å². The smallest absolute Gasteiger partial charge is 0.399 e. The highest BCUT2D eigenvalue weighted by Gasteiger charge is 2.52. The Morgan fingerprint density at radius 2 is 1.87 bits per heavy atom. The lowest BCUT2D eigenvalue weighted by molar-refractivity contribution is 0.00578. The fraction of sp³-hybridized carbons (Fsp3) is 0.824. The first-order valence-corrected chi connectivity index (χ1v) is 8.59. The Morgan fingerprint density at radius 3 is 2.43 bits per heavy atom. The van der Waals surface area contributed by atoms with E-state index in [2.05, 4.69) is 46.6 Å². The summed E-state index contributed by atoms with van der Waals surface area (Å²) in [6.45, 7) is 14.1. The molecular formula is C17H29BN2O3. The maximum absolute atomic E-state index is 6.09. The molecular weight excluding hydrogens is 291 g/mol. The largest absolute Gasteiger partial charge is 0.498 e. The third-order valence-corrected chi connectivity index (χ3v) is 5.25. The minimum atomic E-state index is -0.364. The van der Waals surface area contributed by atoms with Crippen molar-refractivity contribution in [2.24, 2.45) is 5.92 Å². The molecule has 128 valence electrons. The molecule has 5 nitrogen and oxygen atoms in total. The van der Waals surface area contributed by atoms with Crippen molar-refractivity contribution in [2.45, 2.75) is 71.1 Å². The van der Waals surface area contributed by atoms with Gasteiger partial charge in [0.2, 0.25) is 0 Å². The van der Waals surface area contributed by atoms with E-state index in [1.54, 1.807) is 0 Å². The minimum Gasteiger partial charge on any atom is -0.399 e. The van der Waals surface area contributed by atoms with E-state index >= 15 is 0 Å². The summed E-state index contributed by atoms with van der Waals surface area (Å²) in [6.07, 6.45) is 6.48. The summed E-state index contributed by atoms with van der Waals surface area (Å²) in [7, 11) is -0.364. The second-order valence-electron chi connectivity index (χ2n) is 8.58. The van der Waals surface area contributed by atoms with Crippen LogP contribution in [0.3, 0.4) is 0 Å². The number of hydrogen-bond donors (Lipinski definition) is 0. The summed E-state index contributed by atoms with van der Waals surface area (Å²) in [5.74, 6) is 0.781. The zero-order valence-electron chi connectivity index (χ0n) is 15.3. The fourth-order valence-electron chi connectivity index (χ4n) is 2.59. The Morgan fingerprint density at radius 1 is 1.26 bits per heavy atom. The van der Waals surface area contributed by atoms with Crippen LogP contribution in [-0.4, -0.2) is 41.3 Å². The Kier molecular flexibility index (Phi) is 4.14. The van der Waals surface area contributed by atoms with Gasteiger partial charge in [0.25, 0.3) is 0 Å². The molecule has 0 radical (unpaired) electrons. The molecule has 2 heterocycles. The second-order valence-corrected chi connectivity index (χ2v) is 8.58. The predicted octanol–water partition coefficient (Wildman–Crippen LogP) is 2.34. The molecule has 6 heteroatoms. The molecule has 23 heavy (non-hydrogen) atoms. The second kappa shape index (κ2) is 5.61. The molecule has 3 rings (SSSR count). The van der Waals surface area contributed by atoms with Gasteiger partial charge >= 0.3 is 7.12 Å². The SMILES string of the molecule is CC(C)(COCC1CC1)n1cc(B2OC(C)(C)C(C)(C)O2)cn1. The van der Waals surface area contributed by atoms with Gasteiger partial charge in [0, 0.05) is 24.5 Å². The maximum atomic E-state index is 6.09. The predicted molar refractivity (Wildman–Crippen MR) is 90.8 cm³/mol. The van der Waals surface area contributed by atoms with E-state index in [0.29, 0.717) is 6.61 Å². The molecule has 0 amide bonds. The first kappa shape index (κ1) is 17.0. The van der Waals surface area contributed by atoms with Crippen molar-refractivity contribution in [2.75, 3.05) is 13.2 Å². The topological polar surface area (TPSA) is 45.5 Å². The highest BCUT2D eigenvalue weighted by molar-refractivity contribution is 6.62. The average Bonchev–Trinajstić information content (AvgIpc) is 3.03. The monoisotopic (exact) mass is 320 g/mol. The molecule has 1 saturated carbocycles. The van der Waals surface area contributed by atoms with Gasteiger partial charge in [-0.25, -0.2) is 0 Å². The minimum absolute atomic E-state index is 0.184. The van der Waals surface area contributed by atoms with E-state index in [-0.39, 0.29) is 23.9 Å². The molecule has 1 aromatic rings. The normalized spacial score (nSPS) is 23.5. The van der Waals surface area contributed by atoms with E-state index in [4.69, 9.17) is 14.0 Å². The quantitative estimate of drug-likeness (QED) is 0.755. The number of nitrogens with zero attached hydrogens (tertiary/aromatic N) is 2. The van der Waals surface area contributed by atoms with E-state index in [0.717, 1.165) is 18.0 Å². The summed E-state index contributed by atoms with van der Waals surface area (Å²) < 4.78 is 20.0. The Balaban J connectivity index is 1.65. The number of rotatable bonds is 6. The summed E-state index contributed by atoms with van der Waals surface area (Å²) in [4.78, 5) is 0. The van der Waals surface area contributed by atoms with Crippen LogP contribution >= 0.6 is 0 Å². The van der Waals surface area contributed by atoms with Crippen LogP contribution in [-0.2, 0) is 19.6 Å². The molecule has 0 atom stereocenters. The van der Waals surface area contributed by atoms with Crippen molar-refractivity contribution in [1.82, 2.24) is 9.78 Å². The van der Waals surface area contributed by atoms with Crippen LogP contribution in [0, 0.1) is 5.92 Å². The Hall–Kier alpha value is -0.845. The standard InChI is InChI=1S/C17H29BN2O3/c1-15(2,12-21-11-13-7-8-13)20-10-14(9-19-20)18-22-16(3,4)17(5,6)23-18/h9-10,13H,7-8,11-12H2,1-6H3. The van der Waals surface area contributed by atoms with Crippen molar-refractivity contribution < 1.29 is 14.0 Å². The number of aromatic nitrogens is 2. The van der Waals surface area contributed by atoms with Gasteiger partial charge in [-0.2, -0.15) is 5.10 Å². The average molecular weight is 320 g/mol. The van der Waals surface area contributed by atoms with Gasteiger partial charge in [-0.05, 0) is 60.3 Å². The van der Waals surface area contributed by atoms with Crippen molar-refractivity contribution in [1.29, 1.82) is 0 Å². The molecule has 1 aromatic heterocycles. The zero-order valence-corrected chi connectivity index (χ0v) is 15.3. The molecule has 2 fully saturated rings. The van der Waals surface area contributed by atoms with E-state index in [1.807, 2.05) is 17.1 Å². The summed E-state index contributed by atoms with van der Waals surface area (Å²) in [5.41, 5.74) is 0.112. The number of ether oxygens (including phenoxy) is 1. The molecule has 0 spiro atoms. The van der Waals surface area contributed by atoms with Crippen molar-refractivity contribution >= 4 is 12.6 Å².